The summed E-state index contributed by atoms with van der Waals surface area (Å²) in [5.41, 5.74) is 2.06. The minimum Gasteiger partial charge on any atom is -0.449 e. The predicted octanol–water partition coefficient (Wildman–Crippen LogP) is 3.32. The van der Waals surface area contributed by atoms with Crippen molar-refractivity contribution >= 4 is 29.3 Å². The third kappa shape index (κ3) is 5.71. The van der Waals surface area contributed by atoms with Crippen molar-refractivity contribution in [1.29, 1.82) is 0 Å². The lowest BCUT2D eigenvalue weighted by Crippen LogP contribution is -2.34. The molecule has 0 saturated heterocycles. The summed E-state index contributed by atoms with van der Waals surface area (Å²) in [6, 6.07) is 11.6. The van der Waals surface area contributed by atoms with E-state index in [1.165, 1.54) is 6.08 Å². The SMILES string of the molecule is Cc1ccc(/C=C/C(=O)O[C@H](C)C(=O)NCc2cccs2)cc1. The molecule has 1 amide bonds. The van der Waals surface area contributed by atoms with Gasteiger partial charge in [-0.2, -0.15) is 0 Å². The average Bonchev–Trinajstić information content (AvgIpc) is 3.05. The van der Waals surface area contributed by atoms with Gasteiger partial charge in [0.05, 0.1) is 6.54 Å². The topological polar surface area (TPSA) is 55.4 Å². The standard InChI is InChI=1S/C18H19NO3S/c1-13-5-7-15(8-6-13)9-10-17(20)22-14(2)18(21)19-12-16-4-3-11-23-16/h3-11,14H,12H2,1-2H3,(H,19,21)/b10-9+/t14-/m1/s1. The lowest BCUT2D eigenvalue weighted by Gasteiger charge is -2.11. The fraction of sp³-hybridized carbons (Fsp3) is 0.222. The van der Waals surface area contributed by atoms with Crippen molar-refractivity contribution in [3.8, 4) is 0 Å². The van der Waals surface area contributed by atoms with Crippen molar-refractivity contribution in [2.45, 2.75) is 26.5 Å². The summed E-state index contributed by atoms with van der Waals surface area (Å²) < 4.78 is 5.09. The van der Waals surface area contributed by atoms with E-state index in [0.29, 0.717) is 6.54 Å². The van der Waals surface area contributed by atoms with Crippen LogP contribution in [-0.4, -0.2) is 18.0 Å². The molecule has 0 saturated carbocycles. The maximum atomic E-state index is 11.9. The fourth-order valence-corrected chi connectivity index (χ4v) is 2.48. The highest BCUT2D eigenvalue weighted by Gasteiger charge is 2.16. The molecule has 4 nitrogen and oxygen atoms in total. The zero-order valence-corrected chi connectivity index (χ0v) is 13.9. The largest absolute Gasteiger partial charge is 0.449 e. The summed E-state index contributed by atoms with van der Waals surface area (Å²) in [6.07, 6.45) is 2.16. The first kappa shape index (κ1) is 17.0. The van der Waals surface area contributed by atoms with Crippen LogP contribution in [0.1, 0.15) is 22.9 Å². The maximum absolute atomic E-state index is 11.9. The van der Waals surface area contributed by atoms with Crippen LogP contribution in [0.15, 0.2) is 47.9 Å². The summed E-state index contributed by atoms with van der Waals surface area (Å²) in [4.78, 5) is 24.7. The third-order valence-electron chi connectivity index (χ3n) is 3.17. The Labute approximate surface area is 139 Å². The normalized spacial score (nSPS) is 12.1. The number of carbonyl (C=O) groups excluding carboxylic acids is 2. The number of amides is 1. The van der Waals surface area contributed by atoms with Crippen LogP contribution < -0.4 is 5.32 Å². The zero-order valence-electron chi connectivity index (χ0n) is 13.1. The van der Waals surface area contributed by atoms with E-state index in [0.717, 1.165) is 16.0 Å². The smallest absolute Gasteiger partial charge is 0.331 e. The molecule has 5 heteroatoms. The second kappa shape index (κ2) is 8.29. The van der Waals surface area contributed by atoms with Crippen LogP contribution in [0.25, 0.3) is 6.08 Å². The van der Waals surface area contributed by atoms with E-state index in [2.05, 4.69) is 5.32 Å². The Balaban J connectivity index is 1.79. The summed E-state index contributed by atoms with van der Waals surface area (Å²) in [5.74, 6) is -0.847. The molecule has 2 aromatic rings. The summed E-state index contributed by atoms with van der Waals surface area (Å²) in [7, 11) is 0. The van der Waals surface area contributed by atoms with Gasteiger partial charge in [0.2, 0.25) is 0 Å². The summed E-state index contributed by atoms with van der Waals surface area (Å²) in [5, 5.41) is 4.69. The molecule has 1 aromatic heterocycles. The van der Waals surface area contributed by atoms with E-state index in [4.69, 9.17) is 4.74 Å². The highest BCUT2D eigenvalue weighted by atomic mass is 32.1. The Morgan fingerprint density at radius 1 is 1.26 bits per heavy atom. The van der Waals surface area contributed by atoms with Gasteiger partial charge in [-0.15, -0.1) is 11.3 Å². The van der Waals surface area contributed by atoms with Crippen LogP contribution in [0.4, 0.5) is 0 Å². The summed E-state index contributed by atoms with van der Waals surface area (Å²) >= 11 is 1.56. The van der Waals surface area contributed by atoms with Gasteiger partial charge in [0.25, 0.3) is 5.91 Å². The first-order chi connectivity index (χ1) is 11.0. The number of carbonyl (C=O) groups is 2. The van der Waals surface area contributed by atoms with Gasteiger partial charge in [0, 0.05) is 11.0 Å². The van der Waals surface area contributed by atoms with Gasteiger partial charge in [-0.25, -0.2) is 4.79 Å². The van der Waals surface area contributed by atoms with Crippen LogP contribution >= 0.6 is 11.3 Å². The Kier molecular flexibility index (Phi) is 6.11. The van der Waals surface area contributed by atoms with Crippen LogP contribution in [0.5, 0.6) is 0 Å². The Bertz CT molecular complexity index is 675. The van der Waals surface area contributed by atoms with E-state index in [9.17, 15) is 9.59 Å². The highest BCUT2D eigenvalue weighted by molar-refractivity contribution is 7.09. The van der Waals surface area contributed by atoms with Crippen LogP contribution in [0, 0.1) is 6.92 Å². The lowest BCUT2D eigenvalue weighted by molar-refractivity contribution is -0.150. The molecule has 1 atom stereocenters. The van der Waals surface area contributed by atoms with Gasteiger partial charge in [-0.3, -0.25) is 4.79 Å². The van der Waals surface area contributed by atoms with Gasteiger partial charge in [-0.1, -0.05) is 35.9 Å². The molecule has 1 N–H and O–H groups in total. The fourth-order valence-electron chi connectivity index (χ4n) is 1.84. The molecule has 120 valence electrons. The van der Waals surface area contributed by atoms with Crippen molar-refractivity contribution in [3.05, 3.63) is 63.9 Å². The van der Waals surface area contributed by atoms with E-state index in [1.807, 2.05) is 48.7 Å². The number of ether oxygens (including phenoxy) is 1. The van der Waals surface area contributed by atoms with Gasteiger partial charge in [0.15, 0.2) is 6.10 Å². The van der Waals surface area contributed by atoms with E-state index in [-0.39, 0.29) is 5.91 Å². The Morgan fingerprint density at radius 3 is 2.65 bits per heavy atom. The number of nitrogens with one attached hydrogen (secondary N) is 1. The molecule has 1 heterocycles. The lowest BCUT2D eigenvalue weighted by atomic mass is 10.1. The predicted molar refractivity (Wildman–Crippen MR) is 91.9 cm³/mol. The number of hydrogen-bond acceptors (Lipinski definition) is 4. The minimum atomic E-state index is -0.829. The molecule has 1 aromatic carbocycles. The number of aryl methyl sites for hydroxylation is 1. The van der Waals surface area contributed by atoms with Crippen molar-refractivity contribution in [1.82, 2.24) is 5.32 Å². The minimum absolute atomic E-state index is 0.310. The monoisotopic (exact) mass is 329 g/mol. The van der Waals surface area contributed by atoms with Gasteiger partial charge < -0.3 is 10.1 Å². The van der Waals surface area contributed by atoms with Gasteiger partial charge >= 0.3 is 5.97 Å². The van der Waals surface area contributed by atoms with E-state index >= 15 is 0 Å². The highest BCUT2D eigenvalue weighted by Crippen LogP contribution is 2.08. The van der Waals surface area contributed by atoms with Crippen LogP contribution in [0.3, 0.4) is 0 Å². The first-order valence-electron chi connectivity index (χ1n) is 7.30. The Morgan fingerprint density at radius 2 is 2.00 bits per heavy atom. The second-order valence-electron chi connectivity index (χ2n) is 5.12. The van der Waals surface area contributed by atoms with Crippen molar-refractivity contribution in [3.63, 3.8) is 0 Å². The molecule has 0 aliphatic rings. The third-order valence-corrected chi connectivity index (χ3v) is 4.04. The molecular weight excluding hydrogens is 310 g/mol. The number of rotatable bonds is 6. The molecule has 0 bridgehead atoms. The molecule has 23 heavy (non-hydrogen) atoms. The molecule has 0 fully saturated rings. The van der Waals surface area contributed by atoms with Crippen molar-refractivity contribution in [2.75, 3.05) is 0 Å². The molecule has 0 aliphatic carbocycles. The molecular formula is C18H19NO3S. The molecule has 0 aliphatic heterocycles. The number of hydrogen-bond donors (Lipinski definition) is 1. The van der Waals surface area contributed by atoms with Gasteiger partial charge in [0.1, 0.15) is 0 Å². The number of thiophene rings is 1. The van der Waals surface area contributed by atoms with Crippen molar-refractivity contribution < 1.29 is 14.3 Å². The average molecular weight is 329 g/mol. The maximum Gasteiger partial charge on any atom is 0.331 e. The molecule has 0 spiro atoms. The number of esters is 1. The molecule has 0 radical (unpaired) electrons. The van der Waals surface area contributed by atoms with Crippen LogP contribution in [-0.2, 0) is 20.9 Å². The Hall–Kier alpha value is -2.40. The van der Waals surface area contributed by atoms with Crippen LogP contribution in [0.2, 0.25) is 0 Å². The summed E-state index contributed by atoms with van der Waals surface area (Å²) in [6.45, 7) is 4.00. The van der Waals surface area contributed by atoms with Crippen molar-refractivity contribution in [2.24, 2.45) is 0 Å². The van der Waals surface area contributed by atoms with E-state index in [1.54, 1.807) is 24.3 Å². The van der Waals surface area contributed by atoms with Gasteiger partial charge in [-0.05, 0) is 36.9 Å². The zero-order chi connectivity index (χ0) is 16.7. The quantitative estimate of drug-likeness (QED) is 0.653. The number of benzene rings is 1. The first-order valence-corrected chi connectivity index (χ1v) is 8.18. The van der Waals surface area contributed by atoms with E-state index < -0.39 is 12.1 Å². The molecule has 2 rings (SSSR count). The molecule has 0 unspecified atom stereocenters. The second-order valence-corrected chi connectivity index (χ2v) is 6.15.